The molecule has 0 aliphatic heterocycles. The molecule has 2 nitrogen and oxygen atoms in total. The second kappa shape index (κ2) is 6.79. The summed E-state index contributed by atoms with van der Waals surface area (Å²) in [7, 11) is -1.04. The van der Waals surface area contributed by atoms with E-state index in [0.717, 1.165) is 11.3 Å². The van der Waals surface area contributed by atoms with Gasteiger partial charge in [0, 0.05) is 27.9 Å². The quantitative estimate of drug-likeness (QED) is 0.817. The van der Waals surface area contributed by atoms with Gasteiger partial charge in [0.05, 0.1) is 16.5 Å². The summed E-state index contributed by atoms with van der Waals surface area (Å²) < 4.78 is 25.3. The van der Waals surface area contributed by atoms with E-state index in [-0.39, 0.29) is 5.82 Å². The lowest BCUT2D eigenvalue weighted by atomic mass is 10.1. The molecule has 1 aromatic carbocycles. The molecule has 1 unspecified atom stereocenters. The average Bonchev–Trinajstić information content (AvgIpc) is 3.08. The molecule has 1 atom stereocenters. The van der Waals surface area contributed by atoms with Gasteiger partial charge in [0.25, 0.3) is 0 Å². The fourth-order valence-electron chi connectivity index (χ4n) is 2.78. The molecule has 0 spiro atoms. The van der Waals surface area contributed by atoms with Crippen LogP contribution in [0.1, 0.15) is 47.9 Å². The first-order valence-electron chi connectivity index (χ1n) is 7.24. The molecule has 1 aliphatic carbocycles. The van der Waals surface area contributed by atoms with Gasteiger partial charge in [-0.1, -0.05) is 25.0 Å². The van der Waals surface area contributed by atoms with Gasteiger partial charge in [0.2, 0.25) is 0 Å². The van der Waals surface area contributed by atoms with E-state index in [9.17, 15) is 8.60 Å². The third-order valence-corrected chi connectivity index (χ3v) is 6.13. The zero-order valence-electron chi connectivity index (χ0n) is 11.8. The molecular formula is C16H18FNOS2. The van der Waals surface area contributed by atoms with Crippen LogP contribution in [-0.2, 0) is 22.3 Å². The monoisotopic (exact) mass is 323 g/mol. The summed E-state index contributed by atoms with van der Waals surface area (Å²) in [6, 6.07) is 6.32. The van der Waals surface area contributed by atoms with Crippen LogP contribution in [-0.4, -0.2) is 9.19 Å². The summed E-state index contributed by atoms with van der Waals surface area (Å²) in [5.74, 6) is 1.18. The second-order valence-corrected chi connectivity index (χ2v) is 7.86. The molecule has 0 radical (unpaired) electrons. The van der Waals surface area contributed by atoms with Crippen LogP contribution in [0.25, 0.3) is 0 Å². The summed E-state index contributed by atoms with van der Waals surface area (Å²) in [6.07, 6.45) is 5.06. The van der Waals surface area contributed by atoms with Crippen molar-refractivity contribution >= 4 is 22.1 Å². The molecule has 0 N–H and O–H groups in total. The van der Waals surface area contributed by atoms with Crippen molar-refractivity contribution in [2.75, 3.05) is 0 Å². The molecule has 0 amide bonds. The fourth-order valence-corrected chi connectivity index (χ4v) is 5.01. The van der Waals surface area contributed by atoms with E-state index in [1.165, 1.54) is 42.8 Å². The van der Waals surface area contributed by atoms with Crippen LogP contribution < -0.4 is 0 Å². The topological polar surface area (TPSA) is 30.0 Å². The minimum atomic E-state index is -1.04. The van der Waals surface area contributed by atoms with E-state index in [0.29, 0.717) is 17.4 Å². The van der Waals surface area contributed by atoms with Crippen LogP contribution in [0.5, 0.6) is 0 Å². The van der Waals surface area contributed by atoms with Crippen molar-refractivity contribution in [3.8, 4) is 0 Å². The number of thiazole rings is 1. The number of halogens is 1. The highest BCUT2D eigenvalue weighted by molar-refractivity contribution is 7.83. The number of hydrogen-bond donors (Lipinski definition) is 0. The molecule has 5 heteroatoms. The maximum absolute atomic E-state index is 13.1. The highest BCUT2D eigenvalue weighted by Crippen LogP contribution is 2.35. The zero-order valence-corrected chi connectivity index (χ0v) is 13.4. The molecule has 1 aliphatic rings. The lowest BCUT2D eigenvalue weighted by Crippen LogP contribution is -2.01. The summed E-state index contributed by atoms with van der Waals surface area (Å²) >= 11 is 1.69. The van der Waals surface area contributed by atoms with Gasteiger partial charge in [-0.05, 0) is 30.5 Å². The number of rotatable bonds is 5. The van der Waals surface area contributed by atoms with E-state index in [4.69, 9.17) is 0 Å². The normalized spacial score (nSPS) is 17.2. The van der Waals surface area contributed by atoms with Crippen molar-refractivity contribution in [1.29, 1.82) is 0 Å². The van der Waals surface area contributed by atoms with Crippen molar-refractivity contribution in [2.24, 2.45) is 0 Å². The first kappa shape index (κ1) is 14.9. The van der Waals surface area contributed by atoms with Crippen LogP contribution >= 0.6 is 11.3 Å². The smallest absolute Gasteiger partial charge is 0.123 e. The highest BCUT2D eigenvalue weighted by atomic mass is 32.2. The third kappa shape index (κ3) is 3.98. The number of aromatic nitrogens is 1. The molecule has 21 heavy (non-hydrogen) atoms. The van der Waals surface area contributed by atoms with Crippen LogP contribution in [0.2, 0.25) is 0 Å². The van der Waals surface area contributed by atoms with Gasteiger partial charge in [-0.25, -0.2) is 9.37 Å². The molecule has 1 heterocycles. The fraction of sp³-hybridized carbons (Fsp3) is 0.438. The Hall–Kier alpha value is -1.07. The predicted octanol–water partition coefficient (Wildman–Crippen LogP) is 4.39. The van der Waals surface area contributed by atoms with Gasteiger partial charge >= 0.3 is 0 Å². The summed E-state index contributed by atoms with van der Waals surface area (Å²) in [5, 5.41) is 3.22. The number of benzene rings is 1. The third-order valence-electron chi connectivity index (χ3n) is 3.80. The van der Waals surface area contributed by atoms with Gasteiger partial charge in [0.15, 0.2) is 0 Å². The number of hydrogen-bond acceptors (Lipinski definition) is 3. The van der Waals surface area contributed by atoms with Crippen LogP contribution in [0.3, 0.4) is 0 Å². The van der Waals surface area contributed by atoms with E-state index in [2.05, 4.69) is 4.98 Å². The molecule has 1 fully saturated rings. The Morgan fingerprint density at radius 1 is 1.29 bits per heavy atom. The maximum atomic E-state index is 13.1. The van der Waals surface area contributed by atoms with Crippen molar-refractivity contribution in [1.82, 2.24) is 4.98 Å². The maximum Gasteiger partial charge on any atom is 0.123 e. The van der Waals surface area contributed by atoms with Gasteiger partial charge in [-0.15, -0.1) is 11.3 Å². The first-order valence-corrected chi connectivity index (χ1v) is 9.61. The predicted molar refractivity (Wildman–Crippen MR) is 85.3 cm³/mol. The van der Waals surface area contributed by atoms with E-state index in [1.54, 1.807) is 17.4 Å². The zero-order chi connectivity index (χ0) is 14.7. The van der Waals surface area contributed by atoms with E-state index >= 15 is 0 Å². The Labute approximate surface area is 130 Å². The van der Waals surface area contributed by atoms with Crippen molar-refractivity contribution in [2.45, 2.75) is 43.1 Å². The largest absolute Gasteiger partial charge is 0.259 e. The standard InChI is InChI=1S/C16H18FNOS2/c17-14-7-3-4-12(8-14)10-21(19)11-15-9-20-16(18-15)13-5-1-2-6-13/h3-4,7-9,13H,1-2,5-6,10-11H2. The molecule has 0 saturated heterocycles. The molecule has 1 aromatic heterocycles. The van der Waals surface area contributed by atoms with Gasteiger partial charge in [-0.2, -0.15) is 0 Å². The second-order valence-electron chi connectivity index (χ2n) is 5.52. The Kier molecular flexibility index (Phi) is 4.80. The van der Waals surface area contributed by atoms with Crippen LogP contribution in [0.15, 0.2) is 29.6 Å². The Bertz CT molecular complexity index is 635. The van der Waals surface area contributed by atoms with Gasteiger partial charge in [0.1, 0.15) is 5.82 Å². The molecule has 1 saturated carbocycles. The summed E-state index contributed by atoms with van der Waals surface area (Å²) in [5.41, 5.74) is 1.69. The van der Waals surface area contributed by atoms with Crippen molar-refractivity contribution in [3.05, 3.63) is 51.7 Å². The van der Waals surface area contributed by atoms with Crippen molar-refractivity contribution in [3.63, 3.8) is 0 Å². The molecular weight excluding hydrogens is 305 g/mol. The molecule has 0 bridgehead atoms. The Morgan fingerprint density at radius 2 is 2.10 bits per heavy atom. The SMILES string of the molecule is O=S(Cc1cccc(F)c1)Cc1csc(C2CCCC2)n1. The molecule has 112 valence electrons. The molecule has 3 rings (SSSR count). The van der Waals surface area contributed by atoms with Gasteiger partial charge in [-0.3, -0.25) is 4.21 Å². The highest BCUT2D eigenvalue weighted by Gasteiger charge is 2.20. The average molecular weight is 323 g/mol. The molecule has 2 aromatic rings. The summed E-state index contributed by atoms with van der Waals surface area (Å²) in [6.45, 7) is 0. The van der Waals surface area contributed by atoms with Crippen LogP contribution in [0, 0.1) is 5.82 Å². The van der Waals surface area contributed by atoms with Crippen LogP contribution in [0.4, 0.5) is 4.39 Å². The minimum Gasteiger partial charge on any atom is -0.259 e. The Balaban J connectivity index is 1.59. The minimum absolute atomic E-state index is 0.276. The lowest BCUT2D eigenvalue weighted by molar-refractivity contribution is 0.626. The first-order chi connectivity index (χ1) is 10.2. The Morgan fingerprint density at radius 3 is 2.86 bits per heavy atom. The number of nitrogens with zero attached hydrogens (tertiary/aromatic N) is 1. The summed E-state index contributed by atoms with van der Waals surface area (Å²) in [4.78, 5) is 4.64. The van der Waals surface area contributed by atoms with E-state index < -0.39 is 10.8 Å². The van der Waals surface area contributed by atoms with Crippen molar-refractivity contribution < 1.29 is 8.60 Å². The van der Waals surface area contributed by atoms with Gasteiger partial charge < -0.3 is 0 Å². The lowest BCUT2D eigenvalue weighted by Gasteiger charge is -2.03. The van der Waals surface area contributed by atoms with E-state index in [1.807, 2.05) is 11.4 Å².